The Morgan fingerprint density at radius 1 is 1.18 bits per heavy atom. The van der Waals surface area contributed by atoms with Crippen LogP contribution in [0.25, 0.3) is 10.8 Å². The third-order valence-corrected chi connectivity index (χ3v) is 4.11. The molecule has 3 rings (SSSR count). The maximum atomic E-state index is 6.05. The summed E-state index contributed by atoms with van der Waals surface area (Å²) >= 11 is 0. The molecule has 0 spiro atoms. The Bertz CT molecular complexity index is 685. The second-order valence-electron chi connectivity index (χ2n) is 6.62. The van der Waals surface area contributed by atoms with Gasteiger partial charge in [-0.05, 0) is 23.3 Å². The Morgan fingerprint density at radius 2 is 1.95 bits per heavy atom. The largest absolute Gasteiger partial charge is 0.371 e. The van der Waals surface area contributed by atoms with Gasteiger partial charge in [-0.1, -0.05) is 56.3 Å². The van der Waals surface area contributed by atoms with Gasteiger partial charge in [0.1, 0.15) is 11.9 Å². The predicted molar refractivity (Wildman–Crippen MR) is 92.4 cm³/mol. The fourth-order valence-electron chi connectivity index (χ4n) is 2.88. The molecule has 1 aliphatic rings. The van der Waals surface area contributed by atoms with Crippen molar-refractivity contribution < 1.29 is 4.74 Å². The van der Waals surface area contributed by atoms with Crippen molar-refractivity contribution in [3.05, 3.63) is 48.0 Å². The van der Waals surface area contributed by atoms with Gasteiger partial charge in [-0.15, -0.1) is 0 Å². The van der Waals surface area contributed by atoms with Crippen LogP contribution in [0.5, 0.6) is 0 Å². The maximum absolute atomic E-state index is 6.05. The quantitative estimate of drug-likeness (QED) is 0.927. The fraction of sp³-hybridized carbons (Fsp3) is 0.421. The lowest BCUT2D eigenvalue weighted by molar-refractivity contribution is 0.106. The molecule has 3 heteroatoms. The minimum absolute atomic E-state index is 0.118. The Balaban J connectivity index is 2.02. The standard InChI is InChI=1S/C19H24N2O/c1-4-22-17(18-20-12-19(2,3)13-21-18)16-11-7-9-14-8-5-6-10-15(14)16/h5-11,17H,4,12-13H2,1-3H3,(H,20,21)/t17-/m0/s1. The molecule has 2 aromatic carbocycles. The summed E-state index contributed by atoms with van der Waals surface area (Å²) < 4.78 is 6.05. The highest BCUT2D eigenvalue weighted by atomic mass is 16.5. The van der Waals surface area contributed by atoms with Crippen LogP contribution in [-0.2, 0) is 4.74 Å². The zero-order chi connectivity index (χ0) is 15.6. The first-order valence-corrected chi connectivity index (χ1v) is 7.98. The van der Waals surface area contributed by atoms with Gasteiger partial charge in [0, 0.05) is 25.1 Å². The molecule has 0 aromatic heterocycles. The molecule has 1 heterocycles. The Labute approximate surface area is 132 Å². The average Bonchev–Trinajstić information content (AvgIpc) is 2.53. The van der Waals surface area contributed by atoms with Crippen molar-refractivity contribution in [2.45, 2.75) is 26.9 Å². The van der Waals surface area contributed by atoms with E-state index in [1.165, 1.54) is 16.3 Å². The van der Waals surface area contributed by atoms with Crippen LogP contribution in [0.1, 0.15) is 32.4 Å². The van der Waals surface area contributed by atoms with E-state index in [4.69, 9.17) is 9.73 Å². The van der Waals surface area contributed by atoms with E-state index in [0.29, 0.717) is 6.61 Å². The molecule has 0 unspecified atom stereocenters. The molecule has 0 saturated heterocycles. The highest BCUT2D eigenvalue weighted by molar-refractivity contribution is 5.94. The van der Waals surface area contributed by atoms with E-state index < -0.39 is 0 Å². The predicted octanol–water partition coefficient (Wildman–Crippen LogP) is 3.95. The molecule has 0 bridgehead atoms. The normalized spacial score (nSPS) is 18.6. The maximum Gasteiger partial charge on any atom is 0.140 e. The number of fused-ring (bicyclic) bond motifs is 1. The van der Waals surface area contributed by atoms with Crippen LogP contribution >= 0.6 is 0 Å². The summed E-state index contributed by atoms with van der Waals surface area (Å²) in [5, 5.41) is 5.95. The van der Waals surface area contributed by atoms with Crippen molar-refractivity contribution >= 4 is 16.6 Å². The number of benzene rings is 2. The van der Waals surface area contributed by atoms with Gasteiger partial charge in [0.05, 0.1) is 0 Å². The summed E-state index contributed by atoms with van der Waals surface area (Å²) in [5.41, 5.74) is 1.39. The minimum atomic E-state index is -0.118. The molecular weight excluding hydrogens is 272 g/mol. The lowest BCUT2D eigenvalue weighted by Crippen LogP contribution is -2.43. The first kappa shape index (κ1) is 15.0. The summed E-state index contributed by atoms with van der Waals surface area (Å²) in [7, 11) is 0. The number of nitrogens with zero attached hydrogens (tertiary/aromatic N) is 1. The van der Waals surface area contributed by atoms with E-state index in [1.54, 1.807) is 0 Å². The van der Waals surface area contributed by atoms with Crippen molar-refractivity contribution in [3.63, 3.8) is 0 Å². The van der Waals surface area contributed by atoms with Gasteiger partial charge in [-0.3, -0.25) is 4.99 Å². The topological polar surface area (TPSA) is 33.6 Å². The lowest BCUT2D eigenvalue weighted by Gasteiger charge is -2.32. The Morgan fingerprint density at radius 3 is 2.68 bits per heavy atom. The van der Waals surface area contributed by atoms with Crippen molar-refractivity contribution in [2.24, 2.45) is 10.4 Å². The average molecular weight is 296 g/mol. The van der Waals surface area contributed by atoms with Crippen molar-refractivity contribution in [3.8, 4) is 0 Å². The third kappa shape index (κ3) is 3.00. The van der Waals surface area contributed by atoms with Gasteiger partial charge in [-0.25, -0.2) is 0 Å². The zero-order valence-corrected chi connectivity index (χ0v) is 13.6. The van der Waals surface area contributed by atoms with Crippen molar-refractivity contribution in [1.29, 1.82) is 0 Å². The molecule has 22 heavy (non-hydrogen) atoms. The van der Waals surface area contributed by atoms with Crippen molar-refractivity contribution in [2.75, 3.05) is 19.7 Å². The monoisotopic (exact) mass is 296 g/mol. The van der Waals surface area contributed by atoms with Crippen LogP contribution in [-0.4, -0.2) is 25.5 Å². The summed E-state index contributed by atoms with van der Waals surface area (Å²) in [6.07, 6.45) is -0.118. The van der Waals surface area contributed by atoms with Crippen LogP contribution in [0.3, 0.4) is 0 Å². The SMILES string of the molecule is CCO[C@H](C1=NCC(C)(C)CN1)c1cccc2ccccc12. The first-order valence-electron chi connectivity index (χ1n) is 7.98. The summed E-state index contributed by atoms with van der Waals surface area (Å²) in [5.74, 6) is 0.956. The minimum Gasteiger partial charge on any atom is -0.371 e. The molecule has 0 amide bonds. The van der Waals surface area contributed by atoms with E-state index in [1.807, 2.05) is 6.92 Å². The molecular formula is C19H24N2O. The van der Waals surface area contributed by atoms with E-state index in [2.05, 4.69) is 61.6 Å². The Kier molecular flexibility index (Phi) is 4.16. The lowest BCUT2D eigenvalue weighted by atomic mass is 9.91. The number of rotatable bonds is 4. The number of hydrogen-bond donors (Lipinski definition) is 1. The number of nitrogens with one attached hydrogen (secondary N) is 1. The molecule has 0 saturated carbocycles. The molecule has 3 nitrogen and oxygen atoms in total. The van der Waals surface area contributed by atoms with Gasteiger partial charge < -0.3 is 10.1 Å². The zero-order valence-electron chi connectivity index (χ0n) is 13.6. The molecule has 1 N–H and O–H groups in total. The van der Waals surface area contributed by atoms with Gasteiger partial charge in [0.15, 0.2) is 0 Å². The van der Waals surface area contributed by atoms with E-state index in [9.17, 15) is 0 Å². The molecule has 1 aliphatic heterocycles. The number of hydrogen-bond acceptors (Lipinski definition) is 3. The summed E-state index contributed by atoms with van der Waals surface area (Å²) in [6, 6.07) is 14.8. The van der Waals surface area contributed by atoms with Crippen LogP contribution in [0.2, 0.25) is 0 Å². The second-order valence-corrected chi connectivity index (χ2v) is 6.62. The van der Waals surface area contributed by atoms with Crippen LogP contribution in [0, 0.1) is 5.41 Å². The van der Waals surface area contributed by atoms with E-state index in [-0.39, 0.29) is 11.5 Å². The molecule has 0 radical (unpaired) electrons. The van der Waals surface area contributed by atoms with Gasteiger partial charge in [-0.2, -0.15) is 0 Å². The van der Waals surface area contributed by atoms with Crippen molar-refractivity contribution in [1.82, 2.24) is 5.32 Å². The highest BCUT2D eigenvalue weighted by Crippen LogP contribution is 2.29. The smallest absolute Gasteiger partial charge is 0.140 e. The van der Waals surface area contributed by atoms with Gasteiger partial charge in [0.2, 0.25) is 0 Å². The van der Waals surface area contributed by atoms with Crippen LogP contribution in [0.15, 0.2) is 47.5 Å². The van der Waals surface area contributed by atoms with Crippen LogP contribution in [0.4, 0.5) is 0 Å². The number of aliphatic imine (C=N–C) groups is 1. The molecule has 1 atom stereocenters. The van der Waals surface area contributed by atoms with E-state index >= 15 is 0 Å². The van der Waals surface area contributed by atoms with Gasteiger partial charge >= 0.3 is 0 Å². The Hall–Kier alpha value is -1.87. The number of ether oxygens (including phenoxy) is 1. The molecule has 116 valence electrons. The van der Waals surface area contributed by atoms with E-state index in [0.717, 1.165) is 18.9 Å². The fourth-order valence-corrected chi connectivity index (χ4v) is 2.88. The van der Waals surface area contributed by atoms with Gasteiger partial charge in [0.25, 0.3) is 0 Å². The molecule has 0 fully saturated rings. The highest BCUT2D eigenvalue weighted by Gasteiger charge is 2.28. The summed E-state index contributed by atoms with van der Waals surface area (Å²) in [4.78, 5) is 4.76. The summed E-state index contributed by atoms with van der Waals surface area (Å²) in [6.45, 7) is 8.93. The second kappa shape index (κ2) is 6.09. The third-order valence-electron chi connectivity index (χ3n) is 4.11. The van der Waals surface area contributed by atoms with Crippen LogP contribution < -0.4 is 5.32 Å². The number of amidine groups is 1. The molecule has 0 aliphatic carbocycles. The molecule has 2 aromatic rings. The first-order chi connectivity index (χ1) is 10.6.